The zero-order valence-electron chi connectivity index (χ0n) is 13.2. The molecular formula is C16H28N4. The van der Waals surface area contributed by atoms with Gasteiger partial charge in [-0.3, -0.25) is 0 Å². The number of hydrogen-bond acceptors (Lipinski definition) is 4. The SMILES string of the molecule is CCCNc1nc(N2CCCCCC2)nc(CC)c1C. The molecule has 4 nitrogen and oxygen atoms in total. The van der Waals surface area contributed by atoms with Crippen LogP contribution in [0.25, 0.3) is 0 Å². The van der Waals surface area contributed by atoms with Crippen molar-refractivity contribution in [1.29, 1.82) is 0 Å². The number of nitrogens with one attached hydrogen (secondary N) is 1. The van der Waals surface area contributed by atoms with E-state index in [9.17, 15) is 0 Å². The van der Waals surface area contributed by atoms with Crippen molar-refractivity contribution in [2.75, 3.05) is 29.9 Å². The van der Waals surface area contributed by atoms with Crippen LogP contribution < -0.4 is 10.2 Å². The molecule has 0 bridgehead atoms. The van der Waals surface area contributed by atoms with Gasteiger partial charge in [-0.15, -0.1) is 0 Å². The zero-order valence-corrected chi connectivity index (χ0v) is 13.2. The van der Waals surface area contributed by atoms with Crippen molar-refractivity contribution in [3.05, 3.63) is 11.3 Å². The van der Waals surface area contributed by atoms with Crippen molar-refractivity contribution in [2.45, 2.75) is 59.3 Å². The Labute approximate surface area is 123 Å². The molecule has 20 heavy (non-hydrogen) atoms. The van der Waals surface area contributed by atoms with E-state index < -0.39 is 0 Å². The number of aromatic nitrogens is 2. The summed E-state index contributed by atoms with van der Waals surface area (Å²) < 4.78 is 0. The second-order valence-electron chi connectivity index (χ2n) is 5.63. The second kappa shape index (κ2) is 7.46. The first kappa shape index (κ1) is 15.1. The fraction of sp³-hybridized carbons (Fsp3) is 0.750. The first-order valence-electron chi connectivity index (χ1n) is 8.12. The fourth-order valence-electron chi connectivity index (χ4n) is 2.72. The lowest BCUT2D eigenvalue weighted by atomic mass is 10.2. The molecule has 0 radical (unpaired) electrons. The minimum Gasteiger partial charge on any atom is -0.370 e. The fourth-order valence-corrected chi connectivity index (χ4v) is 2.72. The Balaban J connectivity index is 2.26. The summed E-state index contributed by atoms with van der Waals surface area (Å²) in [4.78, 5) is 12.0. The van der Waals surface area contributed by atoms with E-state index in [2.05, 4.69) is 31.0 Å². The van der Waals surface area contributed by atoms with Crippen molar-refractivity contribution in [3.63, 3.8) is 0 Å². The van der Waals surface area contributed by atoms with E-state index in [4.69, 9.17) is 9.97 Å². The lowest BCUT2D eigenvalue weighted by Crippen LogP contribution is -2.27. The van der Waals surface area contributed by atoms with Gasteiger partial charge in [0.1, 0.15) is 5.82 Å². The molecule has 0 amide bonds. The molecular weight excluding hydrogens is 248 g/mol. The van der Waals surface area contributed by atoms with Gasteiger partial charge in [-0.05, 0) is 32.6 Å². The molecule has 112 valence electrons. The van der Waals surface area contributed by atoms with Crippen molar-refractivity contribution < 1.29 is 0 Å². The molecule has 2 rings (SSSR count). The van der Waals surface area contributed by atoms with Crippen LogP contribution >= 0.6 is 0 Å². The number of aryl methyl sites for hydroxylation is 1. The van der Waals surface area contributed by atoms with E-state index in [1.165, 1.54) is 36.9 Å². The summed E-state index contributed by atoms with van der Waals surface area (Å²) in [6, 6.07) is 0. The summed E-state index contributed by atoms with van der Waals surface area (Å²) in [5.41, 5.74) is 2.39. The van der Waals surface area contributed by atoms with Crippen LogP contribution in [0.5, 0.6) is 0 Å². The van der Waals surface area contributed by atoms with Crippen LogP contribution in [-0.2, 0) is 6.42 Å². The van der Waals surface area contributed by atoms with E-state index in [0.29, 0.717) is 0 Å². The van der Waals surface area contributed by atoms with Crippen LogP contribution in [0, 0.1) is 6.92 Å². The normalized spacial score (nSPS) is 16.1. The summed E-state index contributed by atoms with van der Waals surface area (Å²) in [6.07, 6.45) is 7.28. The Morgan fingerprint density at radius 2 is 1.75 bits per heavy atom. The van der Waals surface area contributed by atoms with Gasteiger partial charge in [-0.2, -0.15) is 4.98 Å². The van der Waals surface area contributed by atoms with E-state index in [0.717, 1.165) is 44.2 Å². The number of hydrogen-bond donors (Lipinski definition) is 1. The first-order chi connectivity index (χ1) is 9.76. The minimum atomic E-state index is 0.924. The summed E-state index contributed by atoms with van der Waals surface area (Å²) in [5, 5.41) is 3.45. The molecule has 4 heteroatoms. The molecule has 1 N–H and O–H groups in total. The smallest absolute Gasteiger partial charge is 0.227 e. The van der Waals surface area contributed by atoms with E-state index in [1.54, 1.807) is 0 Å². The highest BCUT2D eigenvalue weighted by atomic mass is 15.3. The van der Waals surface area contributed by atoms with Gasteiger partial charge in [0.15, 0.2) is 0 Å². The summed E-state index contributed by atoms with van der Waals surface area (Å²) in [6.45, 7) is 9.65. The molecule has 0 unspecified atom stereocenters. The molecule has 1 fully saturated rings. The van der Waals surface area contributed by atoms with Gasteiger partial charge in [0.05, 0.1) is 5.69 Å². The van der Waals surface area contributed by atoms with Crippen molar-refractivity contribution in [1.82, 2.24) is 9.97 Å². The van der Waals surface area contributed by atoms with Gasteiger partial charge in [0.25, 0.3) is 0 Å². The highest BCUT2D eigenvalue weighted by molar-refractivity contribution is 5.50. The van der Waals surface area contributed by atoms with E-state index >= 15 is 0 Å². The molecule has 0 atom stereocenters. The van der Waals surface area contributed by atoms with Crippen LogP contribution in [0.3, 0.4) is 0 Å². The van der Waals surface area contributed by atoms with Gasteiger partial charge in [0.2, 0.25) is 5.95 Å². The third-order valence-electron chi connectivity index (χ3n) is 4.00. The average Bonchev–Trinajstić information content (AvgIpc) is 2.75. The zero-order chi connectivity index (χ0) is 14.4. The Morgan fingerprint density at radius 3 is 2.35 bits per heavy atom. The highest BCUT2D eigenvalue weighted by Gasteiger charge is 2.16. The van der Waals surface area contributed by atoms with Gasteiger partial charge < -0.3 is 10.2 Å². The Morgan fingerprint density at radius 1 is 1.05 bits per heavy atom. The second-order valence-corrected chi connectivity index (χ2v) is 5.63. The molecule has 1 aliphatic rings. The lowest BCUT2D eigenvalue weighted by molar-refractivity contribution is 0.726. The molecule has 2 heterocycles. The summed E-state index contributed by atoms with van der Waals surface area (Å²) >= 11 is 0. The monoisotopic (exact) mass is 276 g/mol. The Hall–Kier alpha value is -1.32. The van der Waals surface area contributed by atoms with E-state index in [-0.39, 0.29) is 0 Å². The molecule has 1 aromatic rings. The minimum absolute atomic E-state index is 0.924. The van der Waals surface area contributed by atoms with Crippen LogP contribution in [0.4, 0.5) is 11.8 Å². The lowest BCUT2D eigenvalue weighted by Gasteiger charge is -2.22. The molecule has 1 saturated heterocycles. The van der Waals surface area contributed by atoms with Crippen LogP contribution in [0.15, 0.2) is 0 Å². The van der Waals surface area contributed by atoms with Gasteiger partial charge in [0, 0.05) is 25.2 Å². The van der Waals surface area contributed by atoms with Crippen LogP contribution in [0.1, 0.15) is 57.2 Å². The predicted octanol–water partition coefficient (Wildman–Crippen LogP) is 3.55. The average molecular weight is 276 g/mol. The van der Waals surface area contributed by atoms with Crippen molar-refractivity contribution in [3.8, 4) is 0 Å². The maximum Gasteiger partial charge on any atom is 0.227 e. The Bertz CT molecular complexity index is 423. The molecule has 0 aromatic carbocycles. The maximum absolute atomic E-state index is 4.80. The third kappa shape index (κ3) is 3.62. The molecule has 1 aliphatic heterocycles. The van der Waals surface area contributed by atoms with Crippen molar-refractivity contribution >= 4 is 11.8 Å². The van der Waals surface area contributed by atoms with Crippen LogP contribution in [0.2, 0.25) is 0 Å². The topological polar surface area (TPSA) is 41.1 Å². The Kier molecular flexibility index (Phi) is 5.62. The third-order valence-corrected chi connectivity index (χ3v) is 4.00. The quantitative estimate of drug-likeness (QED) is 0.893. The first-order valence-corrected chi connectivity index (χ1v) is 8.12. The summed E-state index contributed by atoms with van der Waals surface area (Å²) in [7, 11) is 0. The summed E-state index contributed by atoms with van der Waals surface area (Å²) in [5.74, 6) is 1.95. The van der Waals surface area contributed by atoms with Crippen LogP contribution in [-0.4, -0.2) is 29.6 Å². The molecule has 1 aromatic heterocycles. The highest BCUT2D eigenvalue weighted by Crippen LogP contribution is 2.22. The number of rotatable bonds is 5. The number of anilines is 2. The molecule has 0 saturated carbocycles. The van der Waals surface area contributed by atoms with Gasteiger partial charge >= 0.3 is 0 Å². The largest absolute Gasteiger partial charge is 0.370 e. The molecule has 0 aliphatic carbocycles. The maximum atomic E-state index is 4.80. The van der Waals surface area contributed by atoms with Crippen molar-refractivity contribution in [2.24, 2.45) is 0 Å². The predicted molar refractivity (Wildman–Crippen MR) is 85.6 cm³/mol. The van der Waals surface area contributed by atoms with Gasteiger partial charge in [-0.1, -0.05) is 26.7 Å². The van der Waals surface area contributed by atoms with Gasteiger partial charge in [-0.25, -0.2) is 4.98 Å². The number of nitrogens with zero attached hydrogens (tertiary/aromatic N) is 3. The standard InChI is InChI=1S/C16H28N4/c1-4-10-17-15-13(3)14(5-2)18-16(19-15)20-11-8-6-7-9-12-20/h4-12H2,1-3H3,(H,17,18,19). The molecule has 0 spiro atoms. The van der Waals surface area contributed by atoms with E-state index in [1.807, 2.05) is 0 Å².